The lowest BCUT2D eigenvalue weighted by Gasteiger charge is -2.03. The minimum absolute atomic E-state index is 0.00102. The number of alkyl halides is 1. The summed E-state index contributed by atoms with van der Waals surface area (Å²) in [5.74, 6) is -0.137. The minimum Gasteiger partial charge on any atom is -0.351 e. The van der Waals surface area contributed by atoms with Crippen LogP contribution in [0.1, 0.15) is 10.4 Å². The fourth-order valence-electron chi connectivity index (χ4n) is 1.06. The smallest absolute Gasteiger partial charge is 0.288 e. The first-order valence-corrected chi connectivity index (χ1v) is 5.25. The number of halogens is 2. The Balaban J connectivity index is 2.94. The molecule has 1 aromatic rings. The SMILES string of the molecule is O=C(NCCCl)c1ccc(Cl)c([N+](=O)[O-])c1. The Bertz CT molecular complexity index is 423. The highest BCUT2D eigenvalue weighted by atomic mass is 35.5. The van der Waals surface area contributed by atoms with Crippen molar-refractivity contribution >= 4 is 34.8 Å². The van der Waals surface area contributed by atoms with Crippen LogP contribution in [0.25, 0.3) is 0 Å². The first-order valence-electron chi connectivity index (χ1n) is 4.34. The first kappa shape index (κ1) is 12.7. The van der Waals surface area contributed by atoms with Crippen molar-refractivity contribution in [3.05, 3.63) is 38.9 Å². The molecule has 0 spiro atoms. The van der Waals surface area contributed by atoms with Gasteiger partial charge in [0.25, 0.3) is 11.6 Å². The average molecular weight is 263 g/mol. The Kier molecular flexibility index (Phi) is 4.52. The van der Waals surface area contributed by atoms with Crippen molar-refractivity contribution in [2.75, 3.05) is 12.4 Å². The summed E-state index contributed by atoms with van der Waals surface area (Å²) in [7, 11) is 0. The largest absolute Gasteiger partial charge is 0.351 e. The highest BCUT2D eigenvalue weighted by Crippen LogP contribution is 2.24. The first-order chi connectivity index (χ1) is 7.56. The summed E-state index contributed by atoms with van der Waals surface area (Å²) < 4.78 is 0. The molecule has 1 N–H and O–H groups in total. The van der Waals surface area contributed by atoms with Crippen LogP contribution < -0.4 is 5.32 Å². The fraction of sp³-hybridized carbons (Fsp3) is 0.222. The highest BCUT2D eigenvalue weighted by molar-refractivity contribution is 6.32. The van der Waals surface area contributed by atoms with Crippen molar-refractivity contribution in [3.8, 4) is 0 Å². The molecule has 0 heterocycles. The van der Waals surface area contributed by atoms with Crippen molar-refractivity contribution in [1.29, 1.82) is 0 Å². The monoisotopic (exact) mass is 262 g/mol. The fourth-order valence-corrected chi connectivity index (χ4v) is 1.34. The quantitative estimate of drug-likeness (QED) is 0.514. The van der Waals surface area contributed by atoms with E-state index in [9.17, 15) is 14.9 Å². The summed E-state index contributed by atoms with van der Waals surface area (Å²) >= 11 is 11.0. The molecule has 0 radical (unpaired) electrons. The van der Waals surface area contributed by atoms with E-state index in [1.807, 2.05) is 0 Å². The van der Waals surface area contributed by atoms with Gasteiger partial charge in [-0.15, -0.1) is 11.6 Å². The van der Waals surface area contributed by atoms with Gasteiger partial charge in [0, 0.05) is 24.1 Å². The summed E-state index contributed by atoms with van der Waals surface area (Å²) in [6, 6.07) is 3.86. The van der Waals surface area contributed by atoms with E-state index < -0.39 is 10.8 Å². The van der Waals surface area contributed by atoms with Crippen molar-refractivity contribution in [2.24, 2.45) is 0 Å². The second kappa shape index (κ2) is 5.67. The molecule has 1 aromatic carbocycles. The molecular weight excluding hydrogens is 255 g/mol. The third-order valence-electron chi connectivity index (χ3n) is 1.79. The van der Waals surface area contributed by atoms with Gasteiger partial charge in [0.1, 0.15) is 5.02 Å². The van der Waals surface area contributed by atoms with Gasteiger partial charge in [-0.25, -0.2) is 0 Å². The molecule has 86 valence electrons. The van der Waals surface area contributed by atoms with Crippen LogP contribution in [0.15, 0.2) is 18.2 Å². The summed E-state index contributed by atoms with van der Waals surface area (Å²) in [6.07, 6.45) is 0. The summed E-state index contributed by atoms with van der Waals surface area (Å²) in [5, 5.41) is 13.1. The van der Waals surface area contributed by atoms with Gasteiger partial charge >= 0.3 is 0 Å². The van der Waals surface area contributed by atoms with E-state index in [0.29, 0.717) is 6.54 Å². The van der Waals surface area contributed by atoms with E-state index >= 15 is 0 Å². The van der Waals surface area contributed by atoms with Crippen LogP contribution in [0, 0.1) is 10.1 Å². The number of carbonyl (C=O) groups is 1. The molecule has 0 fully saturated rings. The predicted molar refractivity (Wildman–Crippen MR) is 61.2 cm³/mol. The Morgan fingerprint density at radius 3 is 2.75 bits per heavy atom. The normalized spacial score (nSPS) is 9.88. The number of hydrogen-bond acceptors (Lipinski definition) is 3. The molecule has 1 amide bonds. The number of nitro benzene ring substituents is 1. The molecule has 5 nitrogen and oxygen atoms in total. The van der Waals surface area contributed by atoms with Crippen LogP contribution in [0.4, 0.5) is 5.69 Å². The molecular formula is C9H8Cl2N2O3. The zero-order valence-electron chi connectivity index (χ0n) is 8.07. The maximum absolute atomic E-state index is 11.5. The Morgan fingerprint density at radius 2 is 2.19 bits per heavy atom. The number of amides is 1. The molecule has 0 aliphatic carbocycles. The molecule has 0 aliphatic heterocycles. The van der Waals surface area contributed by atoms with Crippen LogP contribution in [0.2, 0.25) is 5.02 Å². The Morgan fingerprint density at radius 1 is 1.50 bits per heavy atom. The van der Waals surface area contributed by atoms with Gasteiger partial charge in [-0.1, -0.05) is 11.6 Å². The van der Waals surface area contributed by atoms with Gasteiger partial charge in [0.2, 0.25) is 0 Å². The van der Waals surface area contributed by atoms with Gasteiger partial charge in [0.05, 0.1) is 4.92 Å². The molecule has 0 saturated carbocycles. The van der Waals surface area contributed by atoms with E-state index in [2.05, 4.69) is 5.32 Å². The van der Waals surface area contributed by atoms with Gasteiger partial charge in [-0.3, -0.25) is 14.9 Å². The number of carbonyl (C=O) groups excluding carboxylic acids is 1. The molecule has 1 rings (SSSR count). The number of nitrogens with zero attached hydrogens (tertiary/aromatic N) is 1. The summed E-state index contributed by atoms with van der Waals surface area (Å²) in [5.41, 5.74) is -0.110. The van der Waals surface area contributed by atoms with E-state index in [1.165, 1.54) is 12.1 Å². The summed E-state index contributed by atoms with van der Waals surface area (Å²) in [4.78, 5) is 21.4. The number of hydrogen-bond donors (Lipinski definition) is 1. The maximum atomic E-state index is 11.5. The standard InChI is InChI=1S/C9H8Cl2N2O3/c10-3-4-12-9(14)6-1-2-7(11)8(5-6)13(15)16/h1-2,5H,3-4H2,(H,12,14). The lowest BCUT2D eigenvalue weighted by Crippen LogP contribution is -2.25. The zero-order valence-corrected chi connectivity index (χ0v) is 9.59. The molecule has 0 bridgehead atoms. The van der Waals surface area contributed by atoms with Gasteiger partial charge < -0.3 is 5.32 Å². The molecule has 7 heteroatoms. The Labute approximate surface area is 101 Å². The highest BCUT2D eigenvalue weighted by Gasteiger charge is 2.15. The lowest BCUT2D eigenvalue weighted by atomic mass is 10.2. The molecule has 0 unspecified atom stereocenters. The van der Waals surface area contributed by atoms with Crippen LogP contribution in [-0.4, -0.2) is 23.3 Å². The predicted octanol–water partition coefficient (Wildman–Crippen LogP) is 2.22. The van der Waals surface area contributed by atoms with Crippen LogP contribution >= 0.6 is 23.2 Å². The van der Waals surface area contributed by atoms with Crippen molar-refractivity contribution < 1.29 is 9.72 Å². The topological polar surface area (TPSA) is 72.2 Å². The third-order valence-corrected chi connectivity index (χ3v) is 2.29. The van der Waals surface area contributed by atoms with E-state index in [4.69, 9.17) is 23.2 Å². The number of nitro groups is 1. The van der Waals surface area contributed by atoms with Gasteiger partial charge in [0.15, 0.2) is 0 Å². The molecule has 16 heavy (non-hydrogen) atoms. The van der Waals surface area contributed by atoms with Crippen molar-refractivity contribution in [1.82, 2.24) is 5.32 Å². The zero-order chi connectivity index (χ0) is 12.1. The Hall–Kier alpha value is -1.33. The van der Waals surface area contributed by atoms with Crippen LogP contribution in [-0.2, 0) is 0 Å². The van der Waals surface area contributed by atoms with Crippen LogP contribution in [0.3, 0.4) is 0 Å². The average Bonchev–Trinajstić information content (AvgIpc) is 2.26. The molecule has 0 aromatic heterocycles. The number of rotatable bonds is 4. The molecule has 0 atom stereocenters. The van der Waals surface area contributed by atoms with Crippen molar-refractivity contribution in [3.63, 3.8) is 0 Å². The van der Waals surface area contributed by atoms with Crippen molar-refractivity contribution in [2.45, 2.75) is 0 Å². The number of nitrogens with one attached hydrogen (secondary N) is 1. The number of benzene rings is 1. The maximum Gasteiger partial charge on any atom is 0.288 e. The van der Waals surface area contributed by atoms with E-state index in [-0.39, 0.29) is 22.2 Å². The van der Waals surface area contributed by atoms with Gasteiger partial charge in [-0.05, 0) is 12.1 Å². The summed E-state index contributed by atoms with van der Waals surface area (Å²) in [6.45, 7) is 0.302. The van der Waals surface area contributed by atoms with Gasteiger partial charge in [-0.2, -0.15) is 0 Å². The second-order valence-corrected chi connectivity index (χ2v) is 3.65. The molecule has 0 aliphatic rings. The van der Waals surface area contributed by atoms with Crippen LogP contribution in [0.5, 0.6) is 0 Å². The lowest BCUT2D eigenvalue weighted by molar-refractivity contribution is -0.384. The van der Waals surface area contributed by atoms with E-state index in [0.717, 1.165) is 6.07 Å². The second-order valence-electron chi connectivity index (χ2n) is 2.87. The minimum atomic E-state index is -0.638. The van der Waals surface area contributed by atoms with E-state index in [1.54, 1.807) is 0 Å². The molecule has 0 saturated heterocycles. The third kappa shape index (κ3) is 3.08.